The summed E-state index contributed by atoms with van der Waals surface area (Å²) in [6.45, 7) is 4.55. The van der Waals surface area contributed by atoms with Crippen LogP contribution in [0.1, 0.15) is 50.7 Å². The third kappa shape index (κ3) is 4.92. The third-order valence-corrected chi connectivity index (χ3v) is 3.41. The second-order valence-corrected chi connectivity index (χ2v) is 4.98. The number of unbranched alkanes of at least 4 members (excludes halogenated alkanes) is 1. The second-order valence-electron chi connectivity index (χ2n) is 4.98. The standard InChI is InChI=1S/C13H24N6.HI/c1-2-3-8-15-13(14)16-10-12-18-17-11-7-5-4-6-9-19(11)12;/h2-10H2,1H3,(H3,14,15,16);1H. The van der Waals surface area contributed by atoms with Gasteiger partial charge in [0.2, 0.25) is 0 Å². The fourth-order valence-corrected chi connectivity index (χ4v) is 2.27. The van der Waals surface area contributed by atoms with Gasteiger partial charge in [0, 0.05) is 19.5 Å². The van der Waals surface area contributed by atoms with E-state index in [2.05, 4.69) is 32.0 Å². The average molecular weight is 392 g/mol. The van der Waals surface area contributed by atoms with E-state index in [4.69, 9.17) is 5.73 Å². The number of aliphatic imine (C=N–C) groups is 1. The maximum absolute atomic E-state index is 5.82. The summed E-state index contributed by atoms with van der Waals surface area (Å²) < 4.78 is 2.20. The monoisotopic (exact) mass is 392 g/mol. The second kappa shape index (κ2) is 9.15. The molecule has 7 heteroatoms. The molecule has 0 unspecified atom stereocenters. The molecule has 0 bridgehead atoms. The molecule has 0 radical (unpaired) electrons. The van der Waals surface area contributed by atoms with E-state index in [1.807, 2.05) is 0 Å². The molecular weight excluding hydrogens is 367 g/mol. The predicted octanol–water partition coefficient (Wildman–Crippen LogP) is 1.83. The van der Waals surface area contributed by atoms with Crippen molar-refractivity contribution < 1.29 is 0 Å². The number of rotatable bonds is 5. The molecular formula is C13H25IN6. The van der Waals surface area contributed by atoms with Gasteiger partial charge in [0.05, 0.1) is 0 Å². The van der Waals surface area contributed by atoms with Crippen molar-refractivity contribution in [1.82, 2.24) is 20.1 Å². The summed E-state index contributed by atoms with van der Waals surface area (Å²) in [7, 11) is 0. The van der Waals surface area contributed by atoms with Gasteiger partial charge in [-0.15, -0.1) is 34.2 Å². The van der Waals surface area contributed by atoms with E-state index < -0.39 is 0 Å². The highest BCUT2D eigenvalue weighted by Gasteiger charge is 2.13. The molecule has 1 aliphatic heterocycles. The number of aromatic nitrogens is 3. The zero-order valence-electron chi connectivity index (χ0n) is 12.1. The molecule has 2 heterocycles. The first-order chi connectivity index (χ1) is 9.31. The van der Waals surface area contributed by atoms with Crippen LogP contribution in [0.25, 0.3) is 0 Å². The topological polar surface area (TPSA) is 81.1 Å². The smallest absolute Gasteiger partial charge is 0.189 e. The molecule has 1 aliphatic rings. The van der Waals surface area contributed by atoms with Crippen LogP contribution < -0.4 is 11.1 Å². The molecule has 0 amide bonds. The number of fused-ring (bicyclic) bond motifs is 1. The van der Waals surface area contributed by atoms with Gasteiger partial charge in [-0.2, -0.15) is 0 Å². The van der Waals surface area contributed by atoms with Crippen molar-refractivity contribution in [3.8, 4) is 0 Å². The first kappa shape index (κ1) is 17.2. The number of nitrogens with one attached hydrogen (secondary N) is 1. The fraction of sp³-hybridized carbons (Fsp3) is 0.769. The summed E-state index contributed by atoms with van der Waals surface area (Å²) >= 11 is 0. The molecule has 0 aromatic carbocycles. The first-order valence-corrected chi connectivity index (χ1v) is 7.26. The maximum Gasteiger partial charge on any atom is 0.189 e. The summed E-state index contributed by atoms with van der Waals surface area (Å²) in [4.78, 5) is 4.34. The molecule has 6 nitrogen and oxygen atoms in total. The lowest BCUT2D eigenvalue weighted by molar-refractivity contribution is 0.606. The van der Waals surface area contributed by atoms with Crippen LogP contribution in [0.15, 0.2) is 4.99 Å². The molecule has 3 N–H and O–H groups in total. The van der Waals surface area contributed by atoms with Gasteiger partial charge in [-0.1, -0.05) is 19.8 Å². The van der Waals surface area contributed by atoms with E-state index in [0.29, 0.717) is 12.5 Å². The minimum Gasteiger partial charge on any atom is -0.370 e. The minimum atomic E-state index is 0. The lowest BCUT2D eigenvalue weighted by Crippen LogP contribution is -2.32. The van der Waals surface area contributed by atoms with Gasteiger partial charge in [-0.3, -0.25) is 0 Å². The van der Waals surface area contributed by atoms with Gasteiger partial charge in [-0.05, 0) is 19.3 Å². The van der Waals surface area contributed by atoms with Gasteiger partial charge >= 0.3 is 0 Å². The Morgan fingerprint density at radius 3 is 3.00 bits per heavy atom. The molecule has 0 spiro atoms. The summed E-state index contributed by atoms with van der Waals surface area (Å²) in [5.41, 5.74) is 5.82. The van der Waals surface area contributed by atoms with Crippen molar-refractivity contribution in [2.45, 2.75) is 58.5 Å². The molecule has 0 saturated heterocycles. The van der Waals surface area contributed by atoms with Crippen molar-refractivity contribution in [2.24, 2.45) is 10.7 Å². The lowest BCUT2D eigenvalue weighted by Gasteiger charge is -2.06. The Bertz CT molecular complexity index is 428. The summed E-state index contributed by atoms with van der Waals surface area (Å²) in [5.74, 6) is 2.52. The maximum atomic E-state index is 5.82. The van der Waals surface area contributed by atoms with Crippen molar-refractivity contribution in [2.75, 3.05) is 6.54 Å². The van der Waals surface area contributed by atoms with Crippen molar-refractivity contribution >= 4 is 29.9 Å². The van der Waals surface area contributed by atoms with Crippen LogP contribution in [-0.2, 0) is 19.5 Å². The van der Waals surface area contributed by atoms with Crippen molar-refractivity contribution in [3.63, 3.8) is 0 Å². The quantitative estimate of drug-likeness (QED) is 0.347. The third-order valence-electron chi connectivity index (χ3n) is 3.41. The van der Waals surface area contributed by atoms with Gasteiger partial charge in [0.25, 0.3) is 0 Å². The zero-order valence-corrected chi connectivity index (χ0v) is 14.5. The number of nitrogens with zero attached hydrogens (tertiary/aromatic N) is 4. The Kier molecular flexibility index (Phi) is 7.86. The van der Waals surface area contributed by atoms with Crippen LogP contribution in [0, 0.1) is 0 Å². The molecule has 2 rings (SSSR count). The fourth-order valence-electron chi connectivity index (χ4n) is 2.27. The van der Waals surface area contributed by atoms with Crippen LogP contribution in [0.3, 0.4) is 0 Å². The number of hydrogen-bond donors (Lipinski definition) is 2. The van der Waals surface area contributed by atoms with E-state index in [-0.39, 0.29) is 24.0 Å². The molecule has 0 saturated carbocycles. The number of aryl methyl sites for hydroxylation is 1. The average Bonchev–Trinajstić information content (AvgIpc) is 2.64. The van der Waals surface area contributed by atoms with Crippen LogP contribution in [0.4, 0.5) is 0 Å². The van der Waals surface area contributed by atoms with Crippen LogP contribution in [-0.4, -0.2) is 27.3 Å². The van der Waals surface area contributed by atoms with Crippen LogP contribution in [0.2, 0.25) is 0 Å². The highest BCUT2D eigenvalue weighted by atomic mass is 127. The summed E-state index contributed by atoms with van der Waals surface area (Å²) in [5, 5.41) is 11.6. The Morgan fingerprint density at radius 2 is 2.20 bits per heavy atom. The van der Waals surface area contributed by atoms with E-state index in [1.54, 1.807) is 0 Å². The van der Waals surface area contributed by atoms with Gasteiger partial charge < -0.3 is 15.6 Å². The Balaban J connectivity index is 0.00000200. The normalized spacial score (nSPS) is 15.2. The molecule has 1 aromatic heterocycles. The van der Waals surface area contributed by atoms with E-state index >= 15 is 0 Å². The SMILES string of the molecule is CCCCNC(N)=NCc1nnc2n1CCCCC2.I. The highest BCUT2D eigenvalue weighted by molar-refractivity contribution is 14.0. The van der Waals surface area contributed by atoms with Crippen LogP contribution >= 0.6 is 24.0 Å². The van der Waals surface area contributed by atoms with E-state index in [0.717, 1.165) is 44.0 Å². The van der Waals surface area contributed by atoms with Gasteiger partial charge in [0.1, 0.15) is 12.4 Å². The molecule has 114 valence electrons. The Morgan fingerprint density at radius 1 is 1.35 bits per heavy atom. The zero-order chi connectivity index (χ0) is 13.5. The molecule has 0 fully saturated rings. The number of hydrogen-bond acceptors (Lipinski definition) is 3. The summed E-state index contributed by atoms with van der Waals surface area (Å²) in [6.07, 6.45) is 6.97. The van der Waals surface area contributed by atoms with Crippen molar-refractivity contribution in [1.29, 1.82) is 0 Å². The molecule has 1 aromatic rings. The molecule has 0 atom stereocenters. The van der Waals surface area contributed by atoms with Crippen LogP contribution in [0.5, 0.6) is 0 Å². The first-order valence-electron chi connectivity index (χ1n) is 7.26. The van der Waals surface area contributed by atoms with E-state index in [1.165, 1.54) is 19.3 Å². The largest absolute Gasteiger partial charge is 0.370 e. The summed E-state index contributed by atoms with van der Waals surface area (Å²) in [6, 6.07) is 0. The highest BCUT2D eigenvalue weighted by Crippen LogP contribution is 2.14. The number of halogens is 1. The van der Waals surface area contributed by atoms with Gasteiger partial charge in [-0.25, -0.2) is 4.99 Å². The Labute approximate surface area is 137 Å². The number of guanidine groups is 1. The van der Waals surface area contributed by atoms with Crippen molar-refractivity contribution in [3.05, 3.63) is 11.6 Å². The lowest BCUT2D eigenvalue weighted by atomic mass is 10.2. The minimum absolute atomic E-state index is 0. The Hall–Kier alpha value is -0.860. The van der Waals surface area contributed by atoms with E-state index in [9.17, 15) is 0 Å². The molecule has 20 heavy (non-hydrogen) atoms. The predicted molar refractivity (Wildman–Crippen MR) is 91.2 cm³/mol. The molecule has 0 aliphatic carbocycles. The number of nitrogens with two attached hydrogens (primary N) is 1. The van der Waals surface area contributed by atoms with Gasteiger partial charge in [0.15, 0.2) is 11.8 Å².